The molecule has 0 atom stereocenters. The predicted molar refractivity (Wildman–Crippen MR) is 74.8 cm³/mol. The van der Waals surface area contributed by atoms with Crippen molar-refractivity contribution in [3.8, 4) is 0 Å². The predicted octanol–water partition coefficient (Wildman–Crippen LogP) is 3.89. The second-order valence-electron chi connectivity index (χ2n) is 4.27. The van der Waals surface area contributed by atoms with Crippen LogP contribution >= 0.6 is 0 Å². The number of anilines is 1. The molecule has 0 spiro atoms. The van der Waals surface area contributed by atoms with E-state index in [0.717, 1.165) is 18.5 Å². The van der Waals surface area contributed by atoms with Crippen LogP contribution in [0, 0.1) is 0 Å². The molecule has 0 bridgehead atoms. The lowest BCUT2D eigenvalue weighted by molar-refractivity contribution is 0.102. The van der Waals surface area contributed by atoms with Gasteiger partial charge in [-0.05, 0) is 36.2 Å². The zero-order valence-corrected chi connectivity index (χ0v) is 10.5. The molecule has 0 aliphatic heterocycles. The fraction of sp³-hybridized carbons (Fsp3) is 0.188. The Hall–Kier alpha value is -2.09. The Balaban J connectivity index is 2.03. The van der Waals surface area contributed by atoms with E-state index in [9.17, 15) is 4.79 Å². The normalized spacial score (nSPS) is 10.1. The van der Waals surface area contributed by atoms with E-state index in [1.165, 1.54) is 5.56 Å². The highest BCUT2D eigenvalue weighted by atomic mass is 16.1. The minimum absolute atomic E-state index is 0.0705. The molecule has 1 amide bonds. The lowest BCUT2D eigenvalue weighted by atomic mass is 10.1. The molecular formula is C16H17NO. The first-order valence-corrected chi connectivity index (χ1v) is 6.25. The van der Waals surface area contributed by atoms with Crippen LogP contribution in [0.5, 0.6) is 0 Å². The summed E-state index contributed by atoms with van der Waals surface area (Å²) in [7, 11) is 0. The van der Waals surface area contributed by atoms with E-state index in [-0.39, 0.29) is 5.91 Å². The van der Waals surface area contributed by atoms with Gasteiger partial charge in [0.2, 0.25) is 0 Å². The molecule has 0 fully saturated rings. The number of benzene rings is 2. The van der Waals surface area contributed by atoms with Crippen molar-refractivity contribution in [3.63, 3.8) is 0 Å². The van der Waals surface area contributed by atoms with Gasteiger partial charge in [-0.1, -0.05) is 43.7 Å². The lowest BCUT2D eigenvalue weighted by Gasteiger charge is -2.06. The number of hydrogen-bond acceptors (Lipinski definition) is 1. The molecule has 2 aromatic rings. The van der Waals surface area contributed by atoms with Gasteiger partial charge in [-0.25, -0.2) is 0 Å². The van der Waals surface area contributed by atoms with Crippen molar-refractivity contribution in [2.75, 3.05) is 5.32 Å². The lowest BCUT2D eigenvalue weighted by Crippen LogP contribution is -2.11. The molecule has 92 valence electrons. The molecule has 2 aromatic carbocycles. The third-order valence-electron chi connectivity index (χ3n) is 2.79. The van der Waals surface area contributed by atoms with Crippen LogP contribution in [-0.2, 0) is 6.42 Å². The van der Waals surface area contributed by atoms with Crippen molar-refractivity contribution in [1.29, 1.82) is 0 Å². The Kier molecular flexibility index (Phi) is 4.13. The van der Waals surface area contributed by atoms with E-state index in [2.05, 4.69) is 24.4 Å². The van der Waals surface area contributed by atoms with Gasteiger partial charge in [-0.3, -0.25) is 4.79 Å². The molecule has 0 heterocycles. The number of carbonyl (C=O) groups excluding carboxylic acids is 1. The van der Waals surface area contributed by atoms with Gasteiger partial charge in [0.25, 0.3) is 5.91 Å². The van der Waals surface area contributed by atoms with Crippen LogP contribution in [0.2, 0.25) is 0 Å². The minimum atomic E-state index is -0.0705. The fourth-order valence-corrected chi connectivity index (χ4v) is 1.84. The molecular weight excluding hydrogens is 222 g/mol. The van der Waals surface area contributed by atoms with Crippen molar-refractivity contribution in [3.05, 3.63) is 65.7 Å². The summed E-state index contributed by atoms with van der Waals surface area (Å²) in [5.41, 5.74) is 2.81. The molecule has 2 rings (SSSR count). The standard InChI is InChI=1S/C16H17NO/c1-2-6-13-9-11-15(12-10-13)17-16(18)14-7-4-3-5-8-14/h3-5,7-12H,2,6H2,1H3,(H,17,18). The molecule has 2 heteroatoms. The second-order valence-corrected chi connectivity index (χ2v) is 4.27. The van der Waals surface area contributed by atoms with Crippen LogP contribution in [0.3, 0.4) is 0 Å². The molecule has 0 aromatic heterocycles. The smallest absolute Gasteiger partial charge is 0.255 e. The first-order chi connectivity index (χ1) is 8.79. The maximum atomic E-state index is 11.9. The Labute approximate surface area is 108 Å². The number of hydrogen-bond donors (Lipinski definition) is 1. The Morgan fingerprint density at radius 2 is 1.67 bits per heavy atom. The zero-order valence-electron chi connectivity index (χ0n) is 10.5. The highest BCUT2D eigenvalue weighted by molar-refractivity contribution is 6.04. The summed E-state index contributed by atoms with van der Waals surface area (Å²) in [5.74, 6) is -0.0705. The van der Waals surface area contributed by atoms with E-state index in [0.29, 0.717) is 5.56 Å². The number of carbonyl (C=O) groups is 1. The number of aryl methyl sites for hydroxylation is 1. The van der Waals surface area contributed by atoms with Crippen molar-refractivity contribution in [1.82, 2.24) is 0 Å². The highest BCUT2D eigenvalue weighted by Crippen LogP contribution is 2.12. The third kappa shape index (κ3) is 3.20. The van der Waals surface area contributed by atoms with Gasteiger partial charge in [0.15, 0.2) is 0 Å². The molecule has 0 unspecified atom stereocenters. The molecule has 0 aliphatic carbocycles. The summed E-state index contributed by atoms with van der Waals surface area (Å²) < 4.78 is 0. The third-order valence-corrected chi connectivity index (χ3v) is 2.79. The van der Waals surface area contributed by atoms with Crippen LogP contribution in [0.1, 0.15) is 29.3 Å². The van der Waals surface area contributed by atoms with Crippen LogP contribution in [0.25, 0.3) is 0 Å². The summed E-state index contributed by atoms with van der Waals surface area (Å²) >= 11 is 0. The molecule has 0 saturated carbocycles. The molecule has 1 N–H and O–H groups in total. The average Bonchev–Trinajstić information content (AvgIpc) is 2.42. The summed E-state index contributed by atoms with van der Waals surface area (Å²) in [6.07, 6.45) is 2.21. The van der Waals surface area contributed by atoms with E-state index < -0.39 is 0 Å². The van der Waals surface area contributed by atoms with Crippen molar-refractivity contribution >= 4 is 11.6 Å². The van der Waals surface area contributed by atoms with Crippen LogP contribution in [-0.4, -0.2) is 5.91 Å². The molecule has 2 nitrogen and oxygen atoms in total. The van der Waals surface area contributed by atoms with Crippen LogP contribution in [0.4, 0.5) is 5.69 Å². The Morgan fingerprint density at radius 1 is 1.00 bits per heavy atom. The maximum absolute atomic E-state index is 11.9. The van der Waals surface area contributed by atoms with E-state index in [4.69, 9.17) is 0 Å². The molecule has 0 aliphatic rings. The largest absolute Gasteiger partial charge is 0.322 e. The van der Waals surface area contributed by atoms with Crippen molar-refractivity contribution < 1.29 is 4.79 Å². The van der Waals surface area contributed by atoms with Crippen molar-refractivity contribution in [2.45, 2.75) is 19.8 Å². The van der Waals surface area contributed by atoms with Crippen LogP contribution < -0.4 is 5.32 Å². The summed E-state index contributed by atoms with van der Waals surface area (Å²) in [6, 6.07) is 17.3. The highest BCUT2D eigenvalue weighted by Gasteiger charge is 2.04. The van der Waals surface area contributed by atoms with Gasteiger partial charge in [-0.2, -0.15) is 0 Å². The average molecular weight is 239 g/mol. The maximum Gasteiger partial charge on any atom is 0.255 e. The first kappa shape index (κ1) is 12.4. The van der Waals surface area contributed by atoms with Gasteiger partial charge in [0.1, 0.15) is 0 Å². The number of nitrogens with one attached hydrogen (secondary N) is 1. The minimum Gasteiger partial charge on any atom is -0.322 e. The summed E-state index contributed by atoms with van der Waals surface area (Å²) in [6.45, 7) is 2.16. The Bertz CT molecular complexity index is 502. The van der Waals surface area contributed by atoms with Gasteiger partial charge in [-0.15, -0.1) is 0 Å². The molecule has 0 radical (unpaired) electrons. The van der Waals surface area contributed by atoms with Crippen LogP contribution in [0.15, 0.2) is 54.6 Å². The van der Waals surface area contributed by atoms with E-state index in [1.54, 1.807) is 12.1 Å². The van der Waals surface area contributed by atoms with Gasteiger partial charge in [0, 0.05) is 11.3 Å². The monoisotopic (exact) mass is 239 g/mol. The molecule has 18 heavy (non-hydrogen) atoms. The molecule has 0 saturated heterocycles. The van der Waals surface area contributed by atoms with Gasteiger partial charge >= 0.3 is 0 Å². The summed E-state index contributed by atoms with van der Waals surface area (Å²) in [5, 5.41) is 2.89. The second kappa shape index (κ2) is 6.01. The van der Waals surface area contributed by atoms with Gasteiger partial charge < -0.3 is 5.32 Å². The first-order valence-electron chi connectivity index (χ1n) is 6.25. The summed E-state index contributed by atoms with van der Waals surface area (Å²) in [4.78, 5) is 11.9. The fourth-order valence-electron chi connectivity index (χ4n) is 1.84. The van der Waals surface area contributed by atoms with E-state index in [1.807, 2.05) is 30.3 Å². The SMILES string of the molecule is CCCc1ccc(NC(=O)c2ccccc2)cc1. The number of rotatable bonds is 4. The quantitative estimate of drug-likeness (QED) is 0.861. The topological polar surface area (TPSA) is 29.1 Å². The zero-order chi connectivity index (χ0) is 12.8. The Morgan fingerprint density at radius 3 is 2.28 bits per heavy atom. The van der Waals surface area contributed by atoms with Crippen molar-refractivity contribution in [2.24, 2.45) is 0 Å². The number of amides is 1. The van der Waals surface area contributed by atoms with Gasteiger partial charge in [0.05, 0.1) is 0 Å². The van der Waals surface area contributed by atoms with E-state index >= 15 is 0 Å².